The lowest BCUT2D eigenvalue weighted by Crippen LogP contribution is -2.23. The van der Waals surface area contributed by atoms with Crippen LogP contribution in [0.4, 0.5) is 5.69 Å². The van der Waals surface area contributed by atoms with E-state index in [9.17, 15) is 13.2 Å². The molecule has 0 bridgehead atoms. The quantitative estimate of drug-likeness (QED) is 0.510. The Morgan fingerprint density at radius 3 is 2.39 bits per heavy atom. The molecule has 2 aromatic carbocycles. The van der Waals surface area contributed by atoms with E-state index in [1.807, 2.05) is 32.0 Å². The van der Waals surface area contributed by atoms with Crippen LogP contribution in [0.2, 0.25) is 0 Å². The van der Waals surface area contributed by atoms with Crippen LogP contribution >= 0.6 is 11.8 Å². The van der Waals surface area contributed by atoms with E-state index in [-0.39, 0.29) is 10.8 Å². The second-order valence-electron chi connectivity index (χ2n) is 7.14. The molecule has 8 heteroatoms. The van der Waals surface area contributed by atoms with Crippen molar-refractivity contribution in [2.24, 2.45) is 0 Å². The van der Waals surface area contributed by atoms with Crippen LogP contribution in [0.15, 0.2) is 75.6 Å². The summed E-state index contributed by atoms with van der Waals surface area (Å²) in [7, 11) is -3.66. The molecule has 0 unspecified atom stereocenters. The molecule has 162 valence electrons. The fourth-order valence-corrected chi connectivity index (χ4v) is 4.98. The molecule has 0 aliphatic carbocycles. The van der Waals surface area contributed by atoms with E-state index >= 15 is 0 Å². The summed E-state index contributed by atoms with van der Waals surface area (Å²) in [6.45, 7) is 6.34. The zero-order valence-electron chi connectivity index (χ0n) is 17.7. The molecular formula is C23H25N3O3S2. The average molecular weight is 456 g/mol. The summed E-state index contributed by atoms with van der Waals surface area (Å²) in [6, 6.07) is 15.9. The lowest BCUT2D eigenvalue weighted by Gasteiger charge is -2.11. The van der Waals surface area contributed by atoms with Gasteiger partial charge in [-0.05, 0) is 68.3 Å². The van der Waals surface area contributed by atoms with E-state index in [0.717, 1.165) is 21.9 Å². The summed E-state index contributed by atoms with van der Waals surface area (Å²) < 4.78 is 28.0. The van der Waals surface area contributed by atoms with Gasteiger partial charge in [-0.3, -0.25) is 9.52 Å². The van der Waals surface area contributed by atoms with Crippen LogP contribution in [0.25, 0.3) is 0 Å². The molecule has 0 radical (unpaired) electrons. The monoisotopic (exact) mass is 455 g/mol. The highest BCUT2D eigenvalue weighted by atomic mass is 32.2. The maximum atomic E-state index is 12.7. The van der Waals surface area contributed by atoms with E-state index in [2.05, 4.69) is 15.0 Å². The third-order valence-electron chi connectivity index (χ3n) is 4.48. The van der Waals surface area contributed by atoms with Gasteiger partial charge in [0.1, 0.15) is 5.03 Å². The minimum absolute atomic E-state index is 0.133. The van der Waals surface area contributed by atoms with E-state index in [4.69, 9.17) is 0 Å². The highest BCUT2D eigenvalue weighted by molar-refractivity contribution is 7.99. The first kappa shape index (κ1) is 22.8. The number of carbonyl (C=O) groups excluding carboxylic acids is 1. The zero-order chi connectivity index (χ0) is 22.4. The van der Waals surface area contributed by atoms with Gasteiger partial charge in [0.05, 0.1) is 10.5 Å². The van der Waals surface area contributed by atoms with E-state index in [1.165, 1.54) is 11.8 Å². The highest BCUT2D eigenvalue weighted by Gasteiger charge is 2.17. The predicted molar refractivity (Wildman–Crippen MR) is 124 cm³/mol. The van der Waals surface area contributed by atoms with Crippen LogP contribution in [0.3, 0.4) is 0 Å². The maximum absolute atomic E-state index is 12.7. The van der Waals surface area contributed by atoms with Crippen LogP contribution in [-0.2, 0) is 10.0 Å². The molecule has 1 aromatic heterocycles. The number of benzene rings is 2. The van der Waals surface area contributed by atoms with Crippen molar-refractivity contribution in [3.63, 3.8) is 0 Å². The number of aryl methyl sites for hydroxylation is 2. The number of hydrogen-bond donors (Lipinski definition) is 2. The third kappa shape index (κ3) is 6.08. The molecule has 1 amide bonds. The molecular weight excluding hydrogens is 430 g/mol. The van der Waals surface area contributed by atoms with Gasteiger partial charge in [0.15, 0.2) is 0 Å². The number of anilines is 1. The first-order valence-electron chi connectivity index (χ1n) is 9.91. The Morgan fingerprint density at radius 2 is 1.77 bits per heavy atom. The Balaban J connectivity index is 1.65. The average Bonchev–Trinajstić information content (AvgIpc) is 2.73. The van der Waals surface area contributed by atoms with Crippen LogP contribution in [-0.4, -0.2) is 25.9 Å². The first-order valence-corrected chi connectivity index (χ1v) is 12.2. The number of nitrogens with one attached hydrogen (secondary N) is 2. The minimum Gasteiger partial charge on any atom is -0.352 e. The van der Waals surface area contributed by atoms with Gasteiger partial charge in [0, 0.05) is 23.3 Å². The summed E-state index contributed by atoms with van der Waals surface area (Å²) in [5, 5.41) is 3.56. The molecule has 3 rings (SSSR count). The van der Waals surface area contributed by atoms with Crippen LogP contribution < -0.4 is 10.0 Å². The molecule has 0 saturated heterocycles. The Kier molecular flexibility index (Phi) is 7.35. The molecule has 31 heavy (non-hydrogen) atoms. The van der Waals surface area contributed by atoms with Crippen molar-refractivity contribution >= 4 is 33.4 Å². The number of hydrogen-bond acceptors (Lipinski definition) is 5. The minimum atomic E-state index is -3.66. The van der Waals surface area contributed by atoms with E-state index in [0.29, 0.717) is 23.4 Å². The van der Waals surface area contributed by atoms with Crippen LogP contribution in [0.1, 0.15) is 34.8 Å². The normalized spacial score (nSPS) is 11.2. The Hall–Kier alpha value is -2.84. The van der Waals surface area contributed by atoms with Crippen molar-refractivity contribution in [1.29, 1.82) is 0 Å². The number of aromatic nitrogens is 1. The standard InChI is InChI=1S/C23H25N3O3S2/c1-4-13-24-23(27)18-6-12-22(25-15-18)30-20-9-7-19(8-10-20)26-31(28,29)21-11-5-16(2)14-17(21)3/h5-12,14-15,26H,4,13H2,1-3H3,(H,24,27). The van der Waals surface area contributed by atoms with Gasteiger partial charge < -0.3 is 5.32 Å². The number of carbonyl (C=O) groups is 1. The Labute approximate surface area is 187 Å². The van der Waals surface area contributed by atoms with E-state index < -0.39 is 10.0 Å². The molecule has 3 aromatic rings. The van der Waals surface area contributed by atoms with Gasteiger partial charge >= 0.3 is 0 Å². The fourth-order valence-electron chi connectivity index (χ4n) is 2.94. The fraction of sp³-hybridized carbons (Fsp3) is 0.217. The molecule has 6 nitrogen and oxygen atoms in total. The molecule has 0 atom stereocenters. The lowest BCUT2D eigenvalue weighted by atomic mass is 10.2. The topological polar surface area (TPSA) is 88.2 Å². The summed E-state index contributed by atoms with van der Waals surface area (Å²) in [5.74, 6) is -0.133. The van der Waals surface area contributed by atoms with Crippen molar-refractivity contribution in [2.45, 2.75) is 42.0 Å². The number of rotatable bonds is 8. The smallest absolute Gasteiger partial charge is 0.262 e. The number of nitrogens with zero attached hydrogens (tertiary/aromatic N) is 1. The van der Waals surface area contributed by atoms with Crippen molar-refractivity contribution in [1.82, 2.24) is 10.3 Å². The van der Waals surface area contributed by atoms with Gasteiger partial charge in [-0.25, -0.2) is 13.4 Å². The Morgan fingerprint density at radius 1 is 1.03 bits per heavy atom. The maximum Gasteiger partial charge on any atom is 0.262 e. The molecule has 0 saturated carbocycles. The van der Waals surface area contributed by atoms with Crippen molar-refractivity contribution < 1.29 is 13.2 Å². The van der Waals surface area contributed by atoms with Crippen molar-refractivity contribution in [3.8, 4) is 0 Å². The highest BCUT2D eigenvalue weighted by Crippen LogP contribution is 2.28. The predicted octanol–water partition coefficient (Wildman–Crippen LogP) is 4.79. The van der Waals surface area contributed by atoms with Crippen LogP contribution in [0.5, 0.6) is 0 Å². The van der Waals surface area contributed by atoms with Crippen molar-refractivity contribution in [2.75, 3.05) is 11.3 Å². The van der Waals surface area contributed by atoms with Gasteiger partial charge in [0.25, 0.3) is 15.9 Å². The zero-order valence-corrected chi connectivity index (χ0v) is 19.3. The molecule has 0 spiro atoms. The summed E-state index contributed by atoms with van der Waals surface area (Å²) in [5.41, 5.74) is 2.73. The number of sulfonamides is 1. The van der Waals surface area contributed by atoms with Gasteiger partial charge in [-0.1, -0.05) is 36.4 Å². The first-order chi connectivity index (χ1) is 14.8. The van der Waals surface area contributed by atoms with Gasteiger partial charge in [0.2, 0.25) is 0 Å². The molecule has 0 aliphatic rings. The van der Waals surface area contributed by atoms with E-state index in [1.54, 1.807) is 49.5 Å². The second-order valence-corrected chi connectivity index (χ2v) is 9.89. The van der Waals surface area contributed by atoms with Gasteiger partial charge in [-0.2, -0.15) is 0 Å². The Bertz CT molecular complexity index is 1160. The number of pyridine rings is 1. The number of amides is 1. The molecule has 0 fully saturated rings. The van der Waals surface area contributed by atoms with Crippen molar-refractivity contribution in [3.05, 3.63) is 77.5 Å². The van der Waals surface area contributed by atoms with Gasteiger partial charge in [-0.15, -0.1) is 0 Å². The molecule has 0 aliphatic heterocycles. The SMILES string of the molecule is CCCNC(=O)c1ccc(Sc2ccc(NS(=O)(=O)c3ccc(C)cc3C)cc2)nc1. The summed E-state index contributed by atoms with van der Waals surface area (Å²) in [6.07, 6.45) is 2.43. The largest absolute Gasteiger partial charge is 0.352 e. The lowest BCUT2D eigenvalue weighted by molar-refractivity contribution is 0.0953. The second kappa shape index (κ2) is 9.98. The molecule has 2 N–H and O–H groups in total. The third-order valence-corrected chi connectivity index (χ3v) is 6.98. The molecule has 1 heterocycles. The summed E-state index contributed by atoms with van der Waals surface area (Å²) in [4.78, 5) is 17.5. The van der Waals surface area contributed by atoms with Crippen LogP contribution in [0, 0.1) is 13.8 Å². The summed E-state index contributed by atoms with van der Waals surface area (Å²) >= 11 is 1.43.